The Bertz CT molecular complexity index is 912. The Balaban J connectivity index is 1.79. The number of methoxy groups -OCH3 is 2. The molecule has 0 spiro atoms. The fourth-order valence-electron chi connectivity index (χ4n) is 2.16. The van der Waals surface area contributed by atoms with Crippen molar-refractivity contribution in [2.24, 2.45) is 0 Å². The van der Waals surface area contributed by atoms with E-state index in [4.69, 9.17) is 14.2 Å². The molecule has 0 aromatic heterocycles. The van der Waals surface area contributed by atoms with Gasteiger partial charge in [-0.15, -0.1) is 0 Å². The molecule has 0 fully saturated rings. The van der Waals surface area contributed by atoms with Crippen LogP contribution in [0.15, 0.2) is 53.0 Å². The Morgan fingerprint density at radius 3 is 2.38 bits per heavy atom. The first-order chi connectivity index (χ1) is 13.9. The largest absolute Gasteiger partial charge is 0.497 e. The van der Waals surface area contributed by atoms with E-state index in [9.17, 15) is 14.4 Å². The molecule has 0 heterocycles. The quantitative estimate of drug-likeness (QED) is 0.372. The van der Waals surface area contributed by atoms with Crippen LogP contribution in [-0.4, -0.2) is 38.6 Å². The first-order valence-corrected chi connectivity index (χ1v) is 9.14. The van der Waals surface area contributed by atoms with Crippen molar-refractivity contribution in [2.75, 3.05) is 20.8 Å². The topological polar surface area (TPSA) is 103 Å². The minimum absolute atomic E-state index is 0.328. The number of rotatable bonds is 7. The van der Waals surface area contributed by atoms with Gasteiger partial charge < -0.3 is 14.2 Å². The molecule has 0 radical (unpaired) electrons. The van der Waals surface area contributed by atoms with E-state index < -0.39 is 24.4 Å². The van der Waals surface area contributed by atoms with E-state index in [2.05, 4.69) is 26.8 Å². The molecule has 0 aliphatic rings. The average Bonchev–Trinajstić information content (AvgIpc) is 2.74. The van der Waals surface area contributed by atoms with Gasteiger partial charge in [-0.25, -0.2) is 4.79 Å². The second kappa shape index (κ2) is 10.9. The number of hydrogen-bond acceptors (Lipinski definition) is 6. The van der Waals surface area contributed by atoms with Crippen molar-refractivity contribution in [3.63, 3.8) is 0 Å². The molecule has 0 aliphatic heterocycles. The first-order valence-electron chi connectivity index (χ1n) is 8.34. The molecule has 0 saturated heterocycles. The Morgan fingerprint density at radius 2 is 1.72 bits per heavy atom. The van der Waals surface area contributed by atoms with Gasteiger partial charge in [0.1, 0.15) is 11.5 Å². The van der Waals surface area contributed by atoms with Crippen molar-refractivity contribution >= 4 is 39.8 Å². The van der Waals surface area contributed by atoms with Gasteiger partial charge in [0.25, 0.3) is 11.8 Å². The predicted molar refractivity (Wildman–Crippen MR) is 109 cm³/mol. The zero-order valence-electron chi connectivity index (χ0n) is 15.7. The molecule has 0 unspecified atom stereocenters. The van der Waals surface area contributed by atoms with E-state index in [-0.39, 0.29) is 0 Å². The summed E-state index contributed by atoms with van der Waals surface area (Å²) in [5.74, 6) is -0.742. The second-order valence-corrected chi connectivity index (χ2v) is 6.47. The van der Waals surface area contributed by atoms with Gasteiger partial charge in [0, 0.05) is 21.7 Å². The normalized spacial score (nSPS) is 10.3. The lowest BCUT2D eigenvalue weighted by Gasteiger charge is -2.08. The maximum atomic E-state index is 11.9. The molecular formula is C20H19BrN2O6. The Kier molecular flexibility index (Phi) is 8.23. The summed E-state index contributed by atoms with van der Waals surface area (Å²) in [6.07, 6.45) is 2.68. The number of esters is 1. The van der Waals surface area contributed by atoms with Gasteiger partial charge in [0.15, 0.2) is 6.61 Å². The molecule has 0 saturated carbocycles. The summed E-state index contributed by atoms with van der Waals surface area (Å²) < 4.78 is 15.9. The summed E-state index contributed by atoms with van der Waals surface area (Å²) in [4.78, 5) is 35.4. The van der Waals surface area contributed by atoms with Crippen LogP contribution in [0.3, 0.4) is 0 Å². The number of ether oxygens (including phenoxy) is 3. The molecule has 29 heavy (non-hydrogen) atoms. The van der Waals surface area contributed by atoms with E-state index >= 15 is 0 Å². The van der Waals surface area contributed by atoms with Crippen molar-refractivity contribution in [1.82, 2.24) is 10.9 Å². The SMILES string of the molecule is COc1ccc(C(=O)NNC(=O)COC(=O)/C=C/c2cc(Br)ccc2OC)cc1. The summed E-state index contributed by atoms with van der Waals surface area (Å²) in [7, 11) is 3.03. The number of halogens is 1. The fraction of sp³-hybridized carbons (Fsp3) is 0.150. The minimum Gasteiger partial charge on any atom is -0.497 e. The van der Waals surface area contributed by atoms with E-state index in [1.165, 1.54) is 26.4 Å². The zero-order chi connectivity index (χ0) is 21.2. The molecule has 2 aromatic rings. The van der Waals surface area contributed by atoms with Gasteiger partial charge >= 0.3 is 5.97 Å². The lowest BCUT2D eigenvalue weighted by molar-refractivity contribution is -0.144. The highest BCUT2D eigenvalue weighted by Crippen LogP contribution is 2.24. The number of benzene rings is 2. The number of hydrazine groups is 1. The van der Waals surface area contributed by atoms with Gasteiger partial charge in [0.05, 0.1) is 14.2 Å². The number of carbonyl (C=O) groups excluding carboxylic acids is 3. The summed E-state index contributed by atoms with van der Waals surface area (Å²) in [5.41, 5.74) is 5.39. The van der Waals surface area contributed by atoms with Crippen LogP contribution >= 0.6 is 15.9 Å². The van der Waals surface area contributed by atoms with Crippen molar-refractivity contribution < 1.29 is 28.6 Å². The predicted octanol–water partition coefficient (Wildman–Crippen LogP) is 2.48. The third-order valence-corrected chi connectivity index (χ3v) is 4.10. The van der Waals surface area contributed by atoms with Crippen molar-refractivity contribution in [3.8, 4) is 11.5 Å². The van der Waals surface area contributed by atoms with Gasteiger partial charge in [0.2, 0.25) is 0 Å². The number of nitrogens with one attached hydrogen (secondary N) is 2. The molecular weight excluding hydrogens is 444 g/mol. The molecule has 0 aliphatic carbocycles. The maximum absolute atomic E-state index is 11.9. The zero-order valence-corrected chi connectivity index (χ0v) is 17.3. The van der Waals surface area contributed by atoms with Crippen LogP contribution in [0.1, 0.15) is 15.9 Å². The Morgan fingerprint density at radius 1 is 1.00 bits per heavy atom. The van der Waals surface area contributed by atoms with Gasteiger partial charge in [-0.05, 0) is 48.5 Å². The molecule has 2 amide bonds. The molecule has 152 valence electrons. The second-order valence-electron chi connectivity index (χ2n) is 5.56. The van der Waals surface area contributed by atoms with Gasteiger partial charge in [-0.1, -0.05) is 15.9 Å². The minimum atomic E-state index is -0.719. The lowest BCUT2D eigenvalue weighted by Crippen LogP contribution is -2.43. The maximum Gasteiger partial charge on any atom is 0.331 e. The van der Waals surface area contributed by atoms with Crippen LogP contribution < -0.4 is 20.3 Å². The molecule has 0 atom stereocenters. The summed E-state index contributed by atoms with van der Waals surface area (Å²) in [5, 5.41) is 0. The van der Waals surface area contributed by atoms with Crippen LogP contribution in [0.5, 0.6) is 11.5 Å². The third kappa shape index (κ3) is 6.96. The Hall–Kier alpha value is -3.33. The number of carbonyl (C=O) groups is 3. The third-order valence-electron chi connectivity index (χ3n) is 3.60. The molecule has 2 rings (SSSR count). The van der Waals surface area contributed by atoms with E-state index in [1.54, 1.807) is 42.5 Å². The van der Waals surface area contributed by atoms with Crippen LogP contribution in [0.2, 0.25) is 0 Å². The van der Waals surface area contributed by atoms with Crippen LogP contribution in [0, 0.1) is 0 Å². The highest BCUT2D eigenvalue weighted by Gasteiger charge is 2.09. The molecule has 9 heteroatoms. The molecule has 2 N–H and O–H groups in total. The Labute approximate surface area is 175 Å². The number of amides is 2. The molecule has 8 nitrogen and oxygen atoms in total. The van der Waals surface area contributed by atoms with Gasteiger partial charge in [-0.3, -0.25) is 20.4 Å². The summed E-state index contributed by atoms with van der Waals surface area (Å²) in [6.45, 7) is -0.554. The van der Waals surface area contributed by atoms with E-state index in [0.717, 1.165) is 4.47 Å². The van der Waals surface area contributed by atoms with Crippen LogP contribution in [0.25, 0.3) is 6.08 Å². The first kappa shape index (κ1) is 22.0. The van der Waals surface area contributed by atoms with Crippen molar-refractivity contribution in [1.29, 1.82) is 0 Å². The van der Waals surface area contributed by atoms with E-state index in [0.29, 0.717) is 22.6 Å². The smallest absolute Gasteiger partial charge is 0.331 e. The van der Waals surface area contributed by atoms with Crippen molar-refractivity contribution in [3.05, 3.63) is 64.1 Å². The lowest BCUT2D eigenvalue weighted by atomic mass is 10.2. The van der Waals surface area contributed by atoms with Crippen molar-refractivity contribution in [2.45, 2.75) is 0 Å². The monoisotopic (exact) mass is 462 g/mol. The van der Waals surface area contributed by atoms with Crippen LogP contribution in [-0.2, 0) is 14.3 Å². The highest BCUT2D eigenvalue weighted by atomic mass is 79.9. The fourth-order valence-corrected chi connectivity index (χ4v) is 2.53. The highest BCUT2D eigenvalue weighted by molar-refractivity contribution is 9.10. The van der Waals surface area contributed by atoms with E-state index in [1.807, 2.05) is 0 Å². The van der Waals surface area contributed by atoms with Gasteiger partial charge in [-0.2, -0.15) is 0 Å². The number of hydrogen-bond donors (Lipinski definition) is 2. The summed E-state index contributed by atoms with van der Waals surface area (Å²) in [6, 6.07) is 11.6. The average molecular weight is 463 g/mol. The molecule has 0 bridgehead atoms. The summed E-state index contributed by atoms with van der Waals surface area (Å²) >= 11 is 3.34. The molecule has 2 aromatic carbocycles. The standard InChI is InChI=1S/C20H19BrN2O6/c1-27-16-7-3-13(4-8-16)20(26)23-22-18(24)12-29-19(25)10-5-14-11-15(21)6-9-17(14)28-2/h3-11H,12H2,1-2H3,(H,22,24)(H,23,26)/b10-5+. The van der Waals surface area contributed by atoms with Crippen LogP contribution in [0.4, 0.5) is 0 Å².